The van der Waals surface area contributed by atoms with Gasteiger partial charge in [-0.3, -0.25) is 14.5 Å². The summed E-state index contributed by atoms with van der Waals surface area (Å²) in [6, 6.07) is 17.7. The van der Waals surface area contributed by atoms with Crippen molar-refractivity contribution >= 4 is 17.7 Å². The van der Waals surface area contributed by atoms with Gasteiger partial charge in [0.2, 0.25) is 0 Å². The second-order valence-corrected chi connectivity index (χ2v) is 8.02. The average molecular weight is 491 g/mol. The van der Waals surface area contributed by atoms with E-state index in [0.717, 1.165) is 4.90 Å². The zero-order valence-corrected chi connectivity index (χ0v) is 20.4. The number of imide groups is 1. The van der Waals surface area contributed by atoms with E-state index < -0.39 is 29.8 Å². The lowest BCUT2D eigenvalue weighted by Crippen LogP contribution is -2.45. The van der Waals surface area contributed by atoms with Crippen LogP contribution in [0.15, 0.2) is 66.7 Å². The minimum atomic E-state index is -1.55. The maximum absolute atomic E-state index is 14.0. The fourth-order valence-electron chi connectivity index (χ4n) is 4.22. The number of rotatable bonds is 9. The summed E-state index contributed by atoms with van der Waals surface area (Å²) in [6.45, 7) is -0.484. The maximum atomic E-state index is 14.0. The number of hydrogen-bond acceptors (Lipinski definition) is 7. The summed E-state index contributed by atoms with van der Waals surface area (Å²) in [6.07, 6.45) is 0. The van der Waals surface area contributed by atoms with Crippen LogP contribution < -0.4 is 24.3 Å². The molecule has 1 heterocycles. The lowest BCUT2D eigenvalue weighted by Gasteiger charge is -2.28. The minimum absolute atomic E-state index is 0.198. The van der Waals surface area contributed by atoms with E-state index in [2.05, 4.69) is 5.32 Å². The van der Waals surface area contributed by atoms with Crippen molar-refractivity contribution in [3.63, 3.8) is 0 Å². The van der Waals surface area contributed by atoms with E-state index in [4.69, 9.17) is 18.9 Å². The molecule has 3 aromatic carbocycles. The molecule has 3 aromatic rings. The van der Waals surface area contributed by atoms with Gasteiger partial charge in [-0.05, 0) is 53.6 Å². The summed E-state index contributed by atoms with van der Waals surface area (Å²) < 4.78 is 21.0. The Labute approximate surface area is 208 Å². The molecule has 0 atom stereocenters. The van der Waals surface area contributed by atoms with Gasteiger partial charge in [0.1, 0.15) is 23.0 Å². The Bertz CT molecular complexity index is 1240. The number of carbonyl (C=O) groups is 3. The van der Waals surface area contributed by atoms with Gasteiger partial charge in [-0.1, -0.05) is 24.3 Å². The summed E-state index contributed by atoms with van der Waals surface area (Å²) in [5.41, 5.74) is -0.320. The van der Waals surface area contributed by atoms with E-state index in [-0.39, 0.29) is 5.56 Å². The number of urea groups is 1. The van der Waals surface area contributed by atoms with Gasteiger partial charge < -0.3 is 24.3 Å². The number of benzene rings is 3. The number of carbonyl (C=O) groups excluding carboxylic acids is 3. The number of methoxy groups -OCH3 is 4. The number of nitrogens with one attached hydrogen (secondary N) is 1. The van der Waals surface area contributed by atoms with Crippen LogP contribution in [-0.4, -0.2) is 57.6 Å². The zero-order valence-electron chi connectivity index (χ0n) is 20.4. The van der Waals surface area contributed by atoms with Crippen LogP contribution in [-0.2, 0) is 10.3 Å². The van der Waals surface area contributed by atoms with E-state index in [9.17, 15) is 14.4 Å². The minimum Gasteiger partial charge on any atom is -0.497 e. The van der Waals surface area contributed by atoms with Gasteiger partial charge in [-0.15, -0.1) is 0 Å². The van der Waals surface area contributed by atoms with Crippen LogP contribution in [0.25, 0.3) is 0 Å². The third kappa shape index (κ3) is 4.19. The Morgan fingerprint density at radius 1 is 0.750 bits per heavy atom. The SMILES string of the molecule is COc1ccc(C2(c3ccc(OC)cc3)NC(=O)N(CC(=O)c3cc(OC)ccc3OC)C2=O)cc1. The number of amides is 3. The normalized spacial score (nSPS) is 14.3. The van der Waals surface area contributed by atoms with Gasteiger partial charge in [-0.25, -0.2) is 4.79 Å². The first-order chi connectivity index (χ1) is 17.4. The predicted molar refractivity (Wildman–Crippen MR) is 131 cm³/mol. The first kappa shape index (κ1) is 24.6. The lowest BCUT2D eigenvalue weighted by molar-refractivity contribution is -0.129. The Morgan fingerprint density at radius 2 is 1.25 bits per heavy atom. The molecule has 1 N–H and O–H groups in total. The molecule has 1 aliphatic rings. The predicted octanol–water partition coefficient (Wildman–Crippen LogP) is 3.40. The highest BCUT2D eigenvalue weighted by molar-refractivity contribution is 6.13. The second kappa shape index (κ2) is 9.99. The molecule has 0 aliphatic carbocycles. The molecule has 0 saturated carbocycles. The number of ether oxygens (including phenoxy) is 4. The molecule has 0 unspecified atom stereocenters. The van der Waals surface area contributed by atoms with E-state index in [0.29, 0.717) is 34.1 Å². The molecule has 9 nitrogen and oxygen atoms in total. The molecule has 186 valence electrons. The van der Waals surface area contributed by atoms with E-state index in [1.165, 1.54) is 34.5 Å². The summed E-state index contributed by atoms with van der Waals surface area (Å²) in [5.74, 6) is 0.884. The van der Waals surface area contributed by atoms with Crippen molar-refractivity contribution in [2.75, 3.05) is 35.0 Å². The van der Waals surface area contributed by atoms with Gasteiger partial charge in [0.25, 0.3) is 5.91 Å². The Balaban J connectivity index is 1.75. The van der Waals surface area contributed by atoms with Crippen LogP contribution in [0, 0.1) is 0 Å². The Morgan fingerprint density at radius 3 is 1.72 bits per heavy atom. The molecule has 1 aliphatic heterocycles. The van der Waals surface area contributed by atoms with Gasteiger partial charge in [-0.2, -0.15) is 0 Å². The molecule has 36 heavy (non-hydrogen) atoms. The third-order valence-electron chi connectivity index (χ3n) is 6.16. The summed E-state index contributed by atoms with van der Waals surface area (Å²) in [4.78, 5) is 41.3. The molecular weight excluding hydrogens is 464 g/mol. The average Bonchev–Trinajstić information content (AvgIpc) is 3.18. The van der Waals surface area contributed by atoms with Gasteiger partial charge in [0, 0.05) is 0 Å². The van der Waals surface area contributed by atoms with Crippen molar-refractivity contribution in [2.24, 2.45) is 0 Å². The fraction of sp³-hybridized carbons (Fsp3) is 0.222. The fourth-order valence-corrected chi connectivity index (χ4v) is 4.22. The Hall–Kier alpha value is -4.53. The van der Waals surface area contributed by atoms with Gasteiger partial charge in [0.15, 0.2) is 11.3 Å². The molecule has 1 saturated heterocycles. The van der Waals surface area contributed by atoms with Crippen LogP contribution in [0.3, 0.4) is 0 Å². The van der Waals surface area contributed by atoms with E-state index in [1.807, 2.05) is 0 Å². The van der Waals surface area contributed by atoms with Crippen molar-refractivity contribution in [2.45, 2.75) is 5.54 Å². The summed E-state index contributed by atoms with van der Waals surface area (Å²) in [5, 5.41) is 2.83. The molecule has 0 spiro atoms. The van der Waals surface area contributed by atoms with Crippen LogP contribution in [0.2, 0.25) is 0 Å². The van der Waals surface area contributed by atoms with Gasteiger partial charge >= 0.3 is 6.03 Å². The van der Waals surface area contributed by atoms with Crippen molar-refractivity contribution in [3.05, 3.63) is 83.4 Å². The van der Waals surface area contributed by atoms with Crippen molar-refractivity contribution in [1.82, 2.24) is 10.2 Å². The monoisotopic (exact) mass is 490 g/mol. The highest BCUT2D eigenvalue weighted by Gasteiger charge is 2.54. The van der Waals surface area contributed by atoms with Crippen LogP contribution >= 0.6 is 0 Å². The molecule has 9 heteroatoms. The largest absolute Gasteiger partial charge is 0.497 e. The maximum Gasteiger partial charge on any atom is 0.325 e. The number of ketones is 1. The molecule has 0 aromatic heterocycles. The standard InChI is InChI=1S/C27H26N2O7/c1-33-19-9-5-17(6-10-19)27(18-7-11-20(34-2)12-8-18)25(31)29(26(32)28-27)16-23(30)22-15-21(35-3)13-14-24(22)36-4/h5-15H,16H2,1-4H3,(H,28,32). The smallest absolute Gasteiger partial charge is 0.325 e. The molecule has 4 rings (SSSR count). The Kier molecular flexibility index (Phi) is 6.82. The molecule has 3 amide bonds. The first-order valence-corrected chi connectivity index (χ1v) is 11.1. The van der Waals surface area contributed by atoms with Crippen molar-refractivity contribution in [1.29, 1.82) is 0 Å². The molecule has 0 bridgehead atoms. The molecular formula is C27H26N2O7. The molecule has 1 fully saturated rings. The highest BCUT2D eigenvalue weighted by Crippen LogP contribution is 2.38. The van der Waals surface area contributed by atoms with E-state index in [1.54, 1.807) is 60.7 Å². The topological polar surface area (TPSA) is 103 Å². The third-order valence-corrected chi connectivity index (χ3v) is 6.16. The summed E-state index contributed by atoms with van der Waals surface area (Å²) in [7, 11) is 5.99. The highest BCUT2D eigenvalue weighted by atomic mass is 16.5. The van der Waals surface area contributed by atoms with Crippen LogP contribution in [0.1, 0.15) is 21.5 Å². The van der Waals surface area contributed by atoms with Crippen LogP contribution in [0.5, 0.6) is 23.0 Å². The first-order valence-electron chi connectivity index (χ1n) is 11.1. The number of nitrogens with zero attached hydrogens (tertiary/aromatic N) is 1. The van der Waals surface area contributed by atoms with Crippen molar-refractivity contribution in [3.8, 4) is 23.0 Å². The molecule has 0 radical (unpaired) electrons. The second-order valence-electron chi connectivity index (χ2n) is 8.02. The van der Waals surface area contributed by atoms with Crippen LogP contribution in [0.4, 0.5) is 4.79 Å². The number of hydrogen-bond donors (Lipinski definition) is 1. The van der Waals surface area contributed by atoms with Gasteiger partial charge in [0.05, 0.1) is 40.5 Å². The van der Waals surface area contributed by atoms with E-state index >= 15 is 0 Å². The number of Topliss-reactive ketones (excluding diaryl/α,β-unsaturated/α-hetero) is 1. The summed E-state index contributed by atoms with van der Waals surface area (Å²) >= 11 is 0. The lowest BCUT2D eigenvalue weighted by atomic mass is 9.82. The quantitative estimate of drug-likeness (QED) is 0.362. The van der Waals surface area contributed by atoms with Crippen molar-refractivity contribution < 1.29 is 33.3 Å². The zero-order chi connectivity index (χ0) is 25.9.